The quantitative estimate of drug-likeness (QED) is 0.488. The van der Waals surface area contributed by atoms with Gasteiger partial charge in [-0.15, -0.1) is 0 Å². The number of hydrogen-bond acceptors (Lipinski definition) is 4. The van der Waals surface area contributed by atoms with E-state index in [0.717, 1.165) is 48.7 Å². The molecule has 1 unspecified atom stereocenters. The van der Waals surface area contributed by atoms with Gasteiger partial charge in [0.2, 0.25) is 0 Å². The molecule has 2 aliphatic rings. The zero-order chi connectivity index (χ0) is 22.1. The van der Waals surface area contributed by atoms with E-state index in [1.807, 2.05) is 18.2 Å². The van der Waals surface area contributed by atoms with Crippen LogP contribution in [0.15, 0.2) is 36.4 Å². The summed E-state index contributed by atoms with van der Waals surface area (Å²) >= 11 is 6.32. The van der Waals surface area contributed by atoms with Crippen LogP contribution in [0.1, 0.15) is 37.1 Å². The molecule has 3 heterocycles. The predicted molar refractivity (Wildman–Crippen MR) is 126 cm³/mol. The minimum atomic E-state index is -0.872. The maximum Gasteiger partial charge on any atom is 0.159 e. The number of benzene rings is 2. The number of nitrogens with zero attached hydrogens (tertiary/aromatic N) is 4. The van der Waals surface area contributed by atoms with Crippen LogP contribution in [0.5, 0.6) is 0 Å². The van der Waals surface area contributed by atoms with Crippen molar-refractivity contribution < 1.29 is 8.78 Å². The zero-order valence-corrected chi connectivity index (χ0v) is 18.5. The van der Waals surface area contributed by atoms with E-state index in [-0.39, 0.29) is 0 Å². The summed E-state index contributed by atoms with van der Waals surface area (Å²) in [7, 11) is 0. The van der Waals surface area contributed by atoms with Gasteiger partial charge in [-0.1, -0.05) is 23.7 Å². The van der Waals surface area contributed by atoms with E-state index in [9.17, 15) is 8.78 Å². The predicted octanol–water partition coefficient (Wildman–Crippen LogP) is 5.80. The van der Waals surface area contributed by atoms with Gasteiger partial charge < -0.3 is 9.80 Å². The third-order valence-electron chi connectivity index (χ3n) is 6.34. The highest BCUT2D eigenvalue weighted by molar-refractivity contribution is 6.31. The summed E-state index contributed by atoms with van der Waals surface area (Å²) in [4.78, 5) is 14.5. The average Bonchev–Trinajstić information content (AvgIpc) is 3.47. The van der Waals surface area contributed by atoms with Crippen LogP contribution in [0.2, 0.25) is 5.02 Å². The first-order chi connectivity index (χ1) is 15.6. The molecule has 0 spiro atoms. The van der Waals surface area contributed by atoms with Gasteiger partial charge in [-0.05, 0) is 80.7 Å². The average molecular weight is 455 g/mol. The number of anilines is 1. The maximum atomic E-state index is 13.6. The molecule has 4 nitrogen and oxygen atoms in total. The van der Waals surface area contributed by atoms with Crippen molar-refractivity contribution in [1.82, 2.24) is 14.9 Å². The molecule has 5 rings (SSSR count). The molecule has 0 aliphatic carbocycles. The minimum absolute atomic E-state index is 0.410. The van der Waals surface area contributed by atoms with Gasteiger partial charge >= 0.3 is 0 Å². The third-order valence-corrected chi connectivity index (χ3v) is 6.58. The van der Waals surface area contributed by atoms with E-state index < -0.39 is 11.6 Å². The Labute approximate surface area is 191 Å². The Balaban J connectivity index is 1.51. The summed E-state index contributed by atoms with van der Waals surface area (Å²) < 4.78 is 26.8. The fourth-order valence-corrected chi connectivity index (χ4v) is 4.92. The molecule has 1 aromatic heterocycles. The fourth-order valence-electron chi connectivity index (χ4n) is 4.75. The Morgan fingerprint density at radius 1 is 0.938 bits per heavy atom. The molecule has 1 atom stereocenters. The molecule has 0 bridgehead atoms. The van der Waals surface area contributed by atoms with Gasteiger partial charge in [-0.3, -0.25) is 0 Å². The van der Waals surface area contributed by atoms with Crippen molar-refractivity contribution in [3.05, 3.63) is 64.4 Å². The molecule has 2 fully saturated rings. The van der Waals surface area contributed by atoms with Gasteiger partial charge in [-0.2, -0.15) is 0 Å². The van der Waals surface area contributed by atoms with Crippen molar-refractivity contribution in [2.45, 2.75) is 31.7 Å². The van der Waals surface area contributed by atoms with Gasteiger partial charge in [0.15, 0.2) is 17.5 Å². The Morgan fingerprint density at radius 3 is 2.59 bits per heavy atom. The summed E-state index contributed by atoms with van der Waals surface area (Å²) in [5.74, 6) is -0.305. The third kappa shape index (κ3) is 4.48. The molecule has 32 heavy (non-hydrogen) atoms. The monoisotopic (exact) mass is 454 g/mol. The molecule has 0 N–H and O–H groups in total. The molecule has 3 aromatic rings. The molecule has 0 amide bonds. The summed E-state index contributed by atoms with van der Waals surface area (Å²) in [6, 6.07) is 9.90. The number of aromatic nitrogens is 2. The molecule has 0 saturated carbocycles. The second-order valence-electron chi connectivity index (χ2n) is 8.57. The van der Waals surface area contributed by atoms with Crippen molar-refractivity contribution >= 4 is 40.5 Å². The zero-order valence-electron chi connectivity index (χ0n) is 17.8. The Bertz CT molecular complexity index is 1160. The van der Waals surface area contributed by atoms with E-state index >= 15 is 0 Å². The largest absolute Gasteiger partial charge is 0.352 e. The maximum absolute atomic E-state index is 13.6. The minimum Gasteiger partial charge on any atom is -0.352 e. The van der Waals surface area contributed by atoms with Gasteiger partial charge in [0, 0.05) is 29.5 Å². The number of likely N-dealkylation sites (tertiary alicyclic amines) is 1. The molecular formula is C25H25ClF2N4. The normalized spacial score (nSPS) is 19.6. The highest BCUT2D eigenvalue weighted by Gasteiger charge is 2.30. The SMILES string of the molecule is Fc1ccc(C=Cc2nc(N3CCCC3CN3CCCC3)c3cc(Cl)ccc3n2)cc1F. The molecule has 166 valence electrons. The Hall–Kier alpha value is -2.57. The highest BCUT2D eigenvalue weighted by Crippen LogP contribution is 2.33. The second kappa shape index (κ2) is 9.12. The highest BCUT2D eigenvalue weighted by atomic mass is 35.5. The number of fused-ring (bicyclic) bond motifs is 1. The number of halogens is 3. The van der Waals surface area contributed by atoms with Crippen LogP contribution in [0.25, 0.3) is 23.1 Å². The molecule has 2 aromatic carbocycles. The van der Waals surface area contributed by atoms with Crippen LogP contribution in [0.4, 0.5) is 14.6 Å². The summed E-state index contributed by atoms with van der Waals surface area (Å²) in [5.41, 5.74) is 1.37. The van der Waals surface area contributed by atoms with Gasteiger partial charge in [-0.25, -0.2) is 18.7 Å². The molecule has 0 radical (unpaired) electrons. The van der Waals surface area contributed by atoms with Crippen molar-refractivity contribution in [3.8, 4) is 0 Å². The molecule has 7 heteroatoms. The van der Waals surface area contributed by atoms with E-state index in [4.69, 9.17) is 16.6 Å². The topological polar surface area (TPSA) is 32.3 Å². The smallest absolute Gasteiger partial charge is 0.159 e. The van der Waals surface area contributed by atoms with E-state index in [1.165, 1.54) is 38.1 Å². The summed E-state index contributed by atoms with van der Waals surface area (Å²) in [6.45, 7) is 4.33. The van der Waals surface area contributed by atoms with Crippen LogP contribution in [-0.2, 0) is 0 Å². The Morgan fingerprint density at radius 2 is 1.78 bits per heavy atom. The molecule has 2 saturated heterocycles. The summed E-state index contributed by atoms with van der Waals surface area (Å²) in [5, 5.41) is 1.60. The van der Waals surface area contributed by atoms with Gasteiger partial charge in [0.1, 0.15) is 5.82 Å². The van der Waals surface area contributed by atoms with E-state index in [1.54, 1.807) is 12.2 Å². The van der Waals surface area contributed by atoms with Crippen LogP contribution in [-0.4, -0.2) is 47.1 Å². The standard InChI is InChI=1S/C25H25ClF2N4/c26-18-7-9-23-20(15-18)25(32-13-3-4-19(32)16-31-11-1-2-12-31)30-24(29-23)10-6-17-5-8-21(27)22(28)14-17/h5-10,14-15,19H,1-4,11-13,16H2. The first kappa shape index (κ1) is 21.3. The van der Waals surface area contributed by atoms with Crippen molar-refractivity contribution in [3.63, 3.8) is 0 Å². The lowest BCUT2D eigenvalue weighted by molar-refractivity contribution is 0.313. The lowest BCUT2D eigenvalue weighted by atomic mass is 10.1. The van der Waals surface area contributed by atoms with Crippen molar-refractivity contribution in [2.75, 3.05) is 31.1 Å². The van der Waals surface area contributed by atoms with Gasteiger partial charge in [0.05, 0.1) is 5.52 Å². The first-order valence-electron chi connectivity index (χ1n) is 11.2. The second-order valence-corrected chi connectivity index (χ2v) is 9.01. The van der Waals surface area contributed by atoms with Crippen LogP contribution in [0, 0.1) is 11.6 Å². The lowest BCUT2D eigenvalue weighted by Gasteiger charge is -2.30. The van der Waals surface area contributed by atoms with Crippen molar-refractivity contribution in [1.29, 1.82) is 0 Å². The fraction of sp³-hybridized carbons (Fsp3) is 0.360. The van der Waals surface area contributed by atoms with Gasteiger partial charge in [0.25, 0.3) is 0 Å². The van der Waals surface area contributed by atoms with Crippen LogP contribution >= 0.6 is 11.6 Å². The first-order valence-corrected chi connectivity index (χ1v) is 11.5. The summed E-state index contributed by atoms with van der Waals surface area (Å²) in [6.07, 6.45) is 8.27. The van der Waals surface area contributed by atoms with E-state index in [2.05, 4.69) is 14.8 Å². The van der Waals surface area contributed by atoms with E-state index in [0.29, 0.717) is 22.5 Å². The number of hydrogen-bond donors (Lipinski definition) is 0. The lowest BCUT2D eigenvalue weighted by Crippen LogP contribution is -2.40. The Kier molecular flexibility index (Phi) is 6.07. The molecule has 2 aliphatic heterocycles. The van der Waals surface area contributed by atoms with Crippen molar-refractivity contribution in [2.24, 2.45) is 0 Å². The van der Waals surface area contributed by atoms with Crippen LogP contribution < -0.4 is 4.90 Å². The molecular weight excluding hydrogens is 430 g/mol. The number of rotatable bonds is 5. The van der Waals surface area contributed by atoms with Crippen LogP contribution in [0.3, 0.4) is 0 Å².